The maximum atomic E-state index is 12.7. The van der Waals surface area contributed by atoms with E-state index in [9.17, 15) is 13.2 Å². The Labute approximate surface area is 110 Å². The van der Waals surface area contributed by atoms with Crippen LogP contribution >= 0.6 is 0 Å². The van der Waals surface area contributed by atoms with Gasteiger partial charge in [0.2, 0.25) is 11.8 Å². The molecule has 1 aromatic heterocycles. The van der Waals surface area contributed by atoms with Crippen molar-refractivity contribution in [1.29, 1.82) is 0 Å². The summed E-state index contributed by atoms with van der Waals surface area (Å²) >= 11 is 0. The summed E-state index contributed by atoms with van der Waals surface area (Å²) in [5.74, 6) is 0.0846. The normalized spacial score (nSPS) is 11.7. The smallest absolute Gasteiger partial charge is 0.433 e. The minimum absolute atomic E-state index is 0.0598. The van der Waals surface area contributed by atoms with E-state index in [1.54, 1.807) is 0 Å². The van der Waals surface area contributed by atoms with Gasteiger partial charge in [-0.15, -0.1) is 0 Å². The Morgan fingerprint density at radius 2 is 2.00 bits per heavy atom. The highest BCUT2D eigenvalue weighted by molar-refractivity contribution is 5.31. The van der Waals surface area contributed by atoms with Crippen LogP contribution in [0.15, 0.2) is 6.07 Å². The van der Waals surface area contributed by atoms with Crippen molar-refractivity contribution in [1.82, 2.24) is 9.97 Å². The molecule has 0 unspecified atom stereocenters. The summed E-state index contributed by atoms with van der Waals surface area (Å²) in [6.45, 7) is 6.52. The monoisotopic (exact) mass is 277 g/mol. The first-order chi connectivity index (χ1) is 8.82. The number of halogens is 3. The average Bonchev–Trinajstić information content (AvgIpc) is 2.32. The summed E-state index contributed by atoms with van der Waals surface area (Å²) in [5.41, 5.74) is -1.00. The molecule has 0 atom stereocenters. The van der Waals surface area contributed by atoms with Crippen molar-refractivity contribution < 1.29 is 17.9 Å². The van der Waals surface area contributed by atoms with Gasteiger partial charge in [0.15, 0.2) is 5.69 Å². The number of aromatic nitrogens is 2. The van der Waals surface area contributed by atoms with Crippen LogP contribution in [-0.2, 0) is 6.18 Å². The van der Waals surface area contributed by atoms with E-state index in [1.165, 1.54) is 0 Å². The van der Waals surface area contributed by atoms with E-state index in [1.807, 2.05) is 20.8 Å². The Balaban J connectivity index is 2.95. The molecule has 0 aliphatic carbocycles. The minimum Gasteiger partial charge on any atom is -0.477 e. The standard InChI is InChI=1S/C12H18F3N3O/c1-4-5-16-11-17-9(12(13,14)15)6-10(18-11)19-7-8(2)3/h6,8H,4-5,7H2,1-3H3,(H,16,17,18). The van der Waals surface area contributed by atoms with Gasteiger partial charge in [-0.3, -0.25) is 0 Å². The largest absolute Gasteiger partial charge is 0.477 e. The van der Waals surface area contributed by atoms with Crippen LogP contribution in [0.3, 0.4) is 0 Å². The number of rotatable bonds is 6. The van der Waals surface area contributed by atoms with Crippen molar-refractivity contribution in [2.75, 3.05) is 18.5 Å². The highest BCUT2D eigenvalue weighted by atomic mass is 19.4. The molecule has 0 saturated heterocycles. The highest BCUT2D eigenvalue weighted by Gasteiger charge is 2.34. The van der Waals surface area contributed by atoms with Gasteiger partial charge in [-0.05, 0) is 12.3 Å². The van der Waals surface area contributed by atoms with Gasteiger partial charge in [-0.25, -0.2) is 4.98 Å². The van der Waals surface area contributed by atoms with Crippen LogP contribution in [0, 0.1) is 5.92 Å². The fourth-order valence-corrected chi connectivity index (χ4v) is 1.21. The van der Waals surface area contributed by atoms with Crippen LogP contribution in [0.25, 0.3) is 0 Å². The molecule has 0 radical (unpaired) electrons. The number of ether oxygens (including phenoxy) is 1. The summed E-state index contributed by atoms with van der Waals surface area (Å²) in [7, 11) is 0. The predicted molar refractivity (Wildman–Crippen MR) is 66.1 cm³/mol. The predicted octanol–water partition coefficient (Wildman–Crippen LogP) is 3.35. The Morgan fingerprint density at radius 1 is 1.32 bits per heavy atom. The van der Waals surface area contributed by atoms with Crippen molar-refractivity contribution in [3.8, 4) is 5.88 Å². The van der Waals surface area contributed by atoms with Crippen molar-refractivity contribution in [2.45, 2.75) is 33.4 Å². The number of nitrogens with one attached hydrogen (secondary N) is 1. The van der Waals surface area contributed by atoms with Crippen molar-refractivity contribution in [3.05, 3.63) is 11.8 Å². The van der Waals surface area contributed by atoms with Gasteiger partial charge < -0.3 is 10.1 Å². The van der Waals surface area contributed by atoms with E-state index in [2.05, 4.69) is 15.3 Å². The van der Waals surface area contributed by atoms with Crippen molar-refractivity contribution >= 4 is 5.95 Å². The Morgan fingerprint density at radius 3 is 2.53 bits per heavy atom. The SMILES string of the molecule is CCCNc1nc(OCC(C)C)cc(C(F)(F)F)n1. The second-order valence-corrected chi connectivity index (χ2v) is 4.54. The third-order valence-corrected chi connectivity index (χ3v) is 2.09. The highest BCUT2D eigenvalue weighted by Crippen LogP contribution is 2.30. The van der Waals surface area contributed by atoms with Crippen LogP contribution in [-0.4, -0.2) is 23.1 Å². The molecule has 0 fully saturated rings. The first-order valence-corrected chi connectivity index (χ1v) is 6.16. The molecule has 1 aromatic rings. The quantitative estimate of drug-likeness (QED) is 0.866. The van der Waals surface area contributed by atoms with Gasteiger partial charge >= 0.3 is 6.18 Å². The molecule has 0 saturated carbocycles. The molecule has 0 amide bonds. The summed E-state index contributed by atoms with van der Waals surface area (Å²) in [6, 6.07) is 0.819. The van der Waals surface area contributed by atoms with Crippen molar-refractivity contribution in [3.63, 3.8) is 0 Å². The summed E-state index contributed by atoms with van der Waals surface area (Å²) in [6.07, 6.45) is -3.75. The lowest BCUT2D eigenvalue weighted by Crippen LogP contribution is -2.14. The fraction of sp³-hybridized carbons (Fsp3) is 0.667. The zero-order chi connectivity index (χ0) is 14.5. The van der Waals surface area contributed by atoms with E-state index in [0.29, 0.717) is 13.2 Å². The van der Waals surface area contributed by atoms with Crippen LogP contribution in [0.1, 0.15) is 32.9 Å². The molecule has 108 valence electrons. The van der Waals surface area contributed by atoms with Gasteiger partial charge in [0, 0.05) is 12.6 Å². The zero-order valence-electron chi connectivity index (χ0n) is 11.2. The first-order valence-electron chi connectivity index (χ1n) is 6.16. The Hall–Kier alpha value is -1.53. The minimum atomic E-state index is -4.51. The van der Waals surface area contributed by atoms with Gasteiger partial charge in [0.05, 0.1) is 6.61 Å². The summed E-state index contributed by atoms with van der Waals surface area (Å²) in [5, 5.41) is 2.73. The second kappa shape index (κ2) is 6.58. The van der Waals surface area contributed by atoms with Crippen molar-refractivity contribution in [2.24, 2.45) is 5.92 Å². The topological polar surface area (TPSA) is 47.0 Å². The van der Waals surface area contributed by atoms with Gasteiger partial charge in [0.25, 0.3) is 0 Å². The van der Waals surface area contributed by atoms with Gasteiger partial charge in [-0.1, -0.05) is 20.8 Å². The third-order valence-electron chi connectivity index (χ3n) is 2.09. The molecule has 1 rings (SSSR count). The van der Waals surface area contributed by atoms with E-state index in [0.717, 1.165) is 12.5 Å². The van der Waals surface area contributed by atoms with Crippen LogP contribution in [0.2, 0.25) is 0 Å². The van der Waals surface area contributed by atoms with Crippen LogP contribution in [0.4, 0.5) is 19.1 Å². The molecule has 0 aliphatic heterocycles. The Bertz CT molecular complexity index is 408. The molecule has 0 bridgehead atoms. The average molecular weight is 277 g/mol. The summed E-state index contributed by atoms with van der Waals surface area (Å²) in [4.78, 5) is 7.35. The molecule has 0 aliphatic rings. The molecule has 4 nitrogen and oxygen atoms in total. The van der Waals surface area contributed by atoms with E-state index >= 15 is 0 Å². The Kier molecular flexibility index (Phi) is 5.38. The molecular weight excluding hydrogens is 259 g/mol. The number of hydrogen-bond donors (Lipinski definition) is 1. The molecule has 1 heterocycles. The number of anilines is 1. The lowest BCUT2D eigenvalue weighted by atomic mass is 10.2. The molecule has 1 N–H and O–H groups in total. The third kappa shape index (κ3) is 5.32. The number of hydrogen-bond acceptors (Lipinski definition) is 4. The maximum absolute atomic E-state index is 12.7. The van der Waals surface area contributed by atoms with Gasteiger partial charge in [-0.2, -0.15) is 18.2 Å². The lowest BCUT2D eigenvalue weighted by Gasteiger charge is -2.12. The molecule has 0 aromatic carbocycles. The molecule has 7 heteroatoms. The molecular formula is C12H18F3N3O. The second-order valence-electron chi connectivity index (χ2n) is 4.54. The summed E-state index contributed by atoms with van der Waals surface area (Å²) < 4.78 is 43.3. The number of nitrogens with zero attached hydrogens (tertiary/aromatic N) is 2. The number of alkyl halides is 3. The lowest BCUT2D eigenvalue weighted by molar-refractivity contribution is -0.141. The fourth-order valence-electron chi connectivity index (χ4n) is 1.21. The van der Waals surface area contributed by atoms with Gasteiger partial charge in [0.1, 0.15) is 0 Å². The van der Waals surface area contributed by atoms with Crippen LogP contribution < -0.4 is 10.1 Å². The van der Waals surface area contributed by atoms with Crippen LogP contribution in [0.5, 0.6) is 5.88 Å². The maximum Gasteiger partial charge on any atom is 0.433 e. The molecule has 0 spiro atoms. The molecule has 19 heavy (non-hydrogen) atoms. The zero-order valence-corrected chi connectivity index (χ0v) is 11.2. The first kappa shape index (κ1) is 15.5. The van der Waals surface area contributed by atoms with E-state index in [-0.39, 0.29) is 17.7 Å². The van der Waals surface area contributed by atoms with E-state index in [4.69, 9.17) is 4.74 Å². The van der Waals surface area contributed by atoms with E-state index < -0.39 is 11.9 Å².